The van der Waals surface area contributed by atoms with Gasteiger partial charge >= 0.3 is 5.97 Å². The number of benzene rings is 3. The Morgan fingerprint density at radius 3 is 1.87 bits per heavy atom. The van der Waals surface area contributed by atoms with Crippen LogP contribution in [0.15, 0.2) is 84.9 Å². The molecule has 0 aliphatic heterocycles. The first-order chi connectivity index (χ1) is 11.2. The molecule has 0 radical (unpaired) electrons. The molecule has 0 aliphatic rings. The van der Waals surface area contributed by atoms with Crippen LogP contribution < -0.4 is 0 Å². The highest BCUT2D eigenvalue weighted by Crippen LogP contribution is 2.27. The second kappa shape index (κ2) is 6.93. The van der Waals surface area contributed by atoms with Gasteiger partial charge in [0.1, 0.15) is 0 Å². The molecule has 23 heavy (non-hydrogen) atoms. The van der Waals surface area contributed by atoms with Gasteiger partial charge in [-0.3, -0.25) is 0 Å². The smallest absolute Gasteiger partial charge is 0.339 e. The molecule has 0 spiro atoms. The standard InChI is InChI=1S/C21H18O2/c1-16-12-14-18(15-13-16)20(17-8-4-2-5-9-17)23-21(22)19-10-6-3-7-11-19/h2-15,20H,1H3. The van der Waals surface area contributed by atoms with Crippen LogP contribution in [0.2, 0.25) is 0 Å². The molecular formula is C21H18O2. The summed E-state index contributed by atoms with van der Waals surface area (Å²) in [6.45, 7) is 2.04. The summed E-state index contributed by atoms with van der Waals surface area (Å²) in [5.74, 6) is -0.319. The minimum absolute atomic E-state index is 0.319. The van der Waals surface area contributed by atoms with Gasteiger partial charge in [-0.25, -0.2) is 4.79 Å². The average molecular weight is 302 g/mol. The van der Waals surface area contributed by atoms with Crippen molar-refractivity contribution >= 4 is 5.97 Å². The van der Waals surface area contributed by atoms with Gasteiger partial charge < -0.3 is 4.74 Å². The first-order valence-electron chi connectivity index (χ1n) is 7.61. The van der Waals surface area contributed by atoms with E-state index in [2.05, 4.69) is 0 Å². The van der Waals surface area contributed by atoms with Crippen molar-refractivity contribution in [2.75, 3.05) is 0 Å². The van der Waals surface area contributed by atoms with E-state index in [9.17, 15) is 4.79 Å². The molecule has 0 fully saturated rings. The summed E-state index contributed by atoms with van der Waals surface area (Å²) in [5, 5.41) is 0. The predicted molar refractivity (Wildman–Crippen MR) is 91.3 cm³/mol. The Labute approximate surface area is 136 Å². The number of hydrogen-bond donors (Lipinski definition) is 0. The lowest BCUT2D eigenvalue weighted by atomic mass is 10.0. The van der Waals surface area contributed by atoms with E-state index in [1.807, 2.05) is 79.7 Å². The molecule has 0 saturated carbocycles. The summed E-state index contributed by atoms with van der Waals surface area (Å²) in [6, 6.07) is 26.9. The van der Waals surface area contributed by atoms with Crippen LogP contribution in [0.5, 0.6) is 0 Å². The van der Waals surface area contributed by atoms with Gasteiger partial charge in [-0.15, -0.1) is 0 Å². The number of hydrogen-bond acceptors (Lipinski definition) is 2. The topological polar surface area (TPSA) is 26.3 Å². The Morgan fingerprint density at radius 2 is 1.26 bits per heavy atom. The van der Waals surface area contributed by atoms with E-state index in [-0.39, 0.29) is 5.97 Å². The fourth-order valence-electron chi connectivity index (χ4n) is 2.45. The summed E-state index contributed by atoms with van der Waals surface area (Å²) in [7, 11) is 0. The molecule has 0 aromatic heterocycles. The molecule has 0 heterocycles. The number of carbonyl (C=O) groups excluding carboxylic acids is 1. The van der Waals surface area contributed by atoms with E-state index in [1.54, 1.807) is 12.1 Å². The normalized spacial score (nSPS) is 11.7. The summed E-state index contributed by atoms with van der Waals surface area (Å²) >= 11 is 0. The Bertz CT molecular complexity index is 762. The predicted octanol–water partition coefficient (Wildman–Crippen LogP) is 4.94. The number of esters is 1. The van der Waals surface area contributed by atoms with Gasteiger partial charge in [-0.05, 0) is 30.2 Å². The van der Waals surface area contributed by atoms with E-state index < -0.39 is 6.10 Å². The van der Waals surface area contributed by atoms with Crippen LogP contribution in [0, 0.1) is 6.92 Å². The first-order valence-corrected chi connectivity index (χ1v) is 7.61. The Kier molecular flexibility index (Phi) is 4.53. The lowest BCUT2D eigenvalue weighted by Crippen LogP contribution is -2.13. The third-order valence-electron chi connectivity index (χ3n) is 3.72. The van der Waals surface area contributed by atoms with Gasteiger partial charge in [0.05, 0.1) is 5.56 Å². The molecule has 0 amide bonds. The monoisotopic (exact) mass is 302 g/mol. The highest BCUT2D eigenvalue weighted by Gasteiger charge is 2.19. The average Bonchev–Trinajstić information content (AvgIpc) is 2.62. The van der Waals surface area contributed by atoms with Crippen molar-refractivity contribution in [2.24, 2.45) is 0 Å². The number of ether oxygens (including phenoxy) is 1. The Hall–Kier alpha value is -2.87. The second-order valence-corrected chi connectivity index (χ2v) is 5.47. The zero-order valence-corrected chi connectivity index (χ0v) is 13.0. The summed E-state index contributed by atoms with van der Waals surface area (Å²) < 4.78 is 5.81. The molecule has 1 atom stereocenters. The van der Waals surface area contributed by atoms with Crippen LogP contribution in [-0.2, 0) is 4.74 Å². The van der Waals surface area contributed by atoms with Gasteiger partial charge in [-0.1, -0.05) is 78.4 Å². The van der Waals surface area contributed by atoms with Crippen molar-refractivity contribution in [3.63, 3.8) is 0 Å². The number of aryl methyl sites for hydroxylation is 1. The summed E-state index contributed by atoms with van der Waals surface area (Å²) in [6.07, 6.45) is -0.412. The SMILES string of the molecule is Cc1ccc(C(OC(=O)c2ccccc2)c2ccccc2)cc1. The molecule has 0 bridgehead atoms. The maximum Gasteiger partial charge on any atom is 0.339 e. The molecular weight excluding hydrogens is 284 g/mol. The largest absolute Gasteiger partial charge is 0.449 e. The zero-order valence-electron chi connectivity index (χ0n) is 13.0. The number of rotatable bonds is 4. The van der Waals surface area contributed by atoms with Crippen molar-refractivity contribution < 1.29 is 9.53 Å². The highest BCUT2D eigenvalue weighted by molar-refractivity contribution is 5.89. The van der Waals surface area contributed by atoms with Crippen LogP contribution in [0.4, 0.5) is 0 Å². The van der Waals surface area contributed by atoms with Crippen molar-refractivity contribution in [3.8, 4) is 0 Å². The molecule has 3 aromatic rings. The van der Waals surface area contributed by atoms with Gasteiger partial charge in [0.25, 0.3) is 0 Å². The lowest BCUT2D eigenvalue weighted by molar-refractivity contribution is 0.0378. The van der Waals surface area contributed by atoms with Crippen LogP contribution >= 0.6 is 0 Å². The Morgan fingerprint density at radius 1 is 0.739 bits per heavy atom. The van der Waals surface area contributed by atoms with E-state index in [1.165, 1.54) is 5.56 Å². The maximum absolute atomic E-state index is 12.4. The minimum atomic E-state index is -0.412. The fraction of sp³-hybridized carbons (Fsp3) is 0.0952. The molecule has 0 N–H and O–H groups in total. The molecule has 1 unspecified atom stereocenters. The van der Waals surface area contributed by atoms with E-state index in [0.29, 0.717) is 5.56 Å². The Balaban J connectivity index is 1.93. The molecule has 2 heteroatoms. The summed E-state index contributed by atoms with van der Waals surface area (Å²) in [4.78, 5) is 12.4. The minimum Gasteiger partial charge on any atom is -0.449 e. The zero-order chi connectivity index (χ0) is 16.1. The molecule has 0 saturated heterocycles. The van der Waals surface area contributed by atoms with Gasteiger partial charge in [-0.2, -0.15) is 0 Å². The lowest BCUT2D eigenvalue weighted by Gasteiger charge is -2.19. The van der Waals surface area contributed by atoms with Crippen molar-refractivity contribution in [1.29, 1.82) is 0 Å². The van der Waals surface area contributed by atoms with Crippen LogP contribution in [-0.4, -0.2) is 5.97 Å². The van der Waals surface area contributed by atoms with Crippen LogP contribution in [0.3, 0.4) is 0 Å². The molecule has 2 nitrogen and oxygen atoms in total. The van der Waals surface area contributed by atoms with Crippen LogP contribution in [0.25, 0.3) is 0 Å². The maximum atomic E-state index is 12.4. The van der Waals surface area contributed by atoms with E-state index in [0.717, 1.165) is 11.1 Å². The third-order valence-corrected chi connectivity index (χ3v) is 3.72. The summed E-state index contributed by atoms with van der Waals surface area (Å²) in [5.41, 5.74) is 3.65. The second-order valence-electron chi connectivity index (χ2n) is 5.47. The van der Waals surface area contributed by atoms with Crippen molar-refractivity contribution in [1.82, 2.24) is 0 Å². The van der Waals surface area contributed by atoms with E-state index in [4.69, 9.17) is 4.74 Å². The van der Waals surface area contributed by atoms with Gasteiger partial charge in [0.15, 0.2) is 6.10 Å². The van der Waals surface area contributed by atoms with Crippen molar-refractivity contribution in [2.45, 2.75) is 13.0 Å². The third kappa shape index (κ3) is 3.67. The molecule has 3 aromatic carbocycles. The fourth-order valence-corrected chi connectivity index (χ4v) is 2.45. The van der Waals surface area contributed by atoms with Crippen molar-refractivity contribution in [3.05, 3.63) is 107 Å². The van der Waals surface area contributed by atoms with Gasteiger partial charge in [0, 0.05) is 0 Å². The van der Waals surface area contributed by atoms with E-state index >= 15 is 0 Å². The van der Waals surface area contributed by atoms with Gasteiger partial charge in [0.2, 0.25) is 0 Å². The van der Waals surface area contributed by atoms with Crippen LogP contribution in [0.1, 0.15) is 33.2 Å². The molecule has 3 rings (SSSR count). The highest BCUT2D eigenvalue weighted by atomic mass is 16.5. The quantitative estimate of drug-likeness (QED) is 0.638. The molecule has 0 aliphatic carbocycles. The number of carbonyl (C=O) groups is 1. The molecule has 114 valence electrons. The first kappa shape index (κ1) is 15.0.